The molecule has 0 unspecified atom stereocenters. The lowest BCUT2D eigenvalue weighted by Crippen LogP contribution is -2.31. The van der Waals surface area contributed by atoms with Crippen molar-refractivity contribution in [2.75, 3.05) is 16.4 Å². The Hall–Kier alpha value is -3.95. The van der Waals surface area contributed by atoms with Crippen molar-refractivity contribution in [3.63, 3.8) is 0 Å². The van der Waals surface area contributed by atoms with E-state index in [0.29, 0.717) is 0 Å². The van der Waals surface area contributed by atoms with Crippen LogP contribution in [0.15, 0.2) is 42.5 Å². The molecule has 0 aliphatic heterocycles. The third-order valence-electron chi connectivity index (χ3n) is 3.94. The number of aliphatic carboxylic acids is 2. The van der Waals surface area contributed by atoms with Gasteiger partial charge in [0, 0.05) is 17.5 Å². The van der Waals surface area contributed by atoms with Crippen LogP contribution in [-0.4, -0.2) is 43.1 Å². The number of benzene rings is 2. The smallest absolute Gasteiger partial charge is 0.326 e. The molecule has 0 aliphatic rings. The zero-order valence-corrected chi connectivity index (χ0v) is 14.7. The van der Waals surface area contributed by atoms with Crippen LogP contribution in [0.2, 0.25) is 0 Å². The van der Waals surface area contributed by atoms with Gasteiger partial charge < -0.3 is 26.6 Å². The van der Waals surface area contributed by atoms with E-state index in [1.54, 1.807) is 0 Å². The molecule has 0 aliphatic carbocycles. The third-order valence-corrected chi connectivity index (χ3v) is 3.94. The average molecular weight is 382 g/mol. The van der Waals surface area contributed by atoms with Crippen molar-refractivity contribution in [1.82, 2.24) is 15.0 Å². The standard InChI is InChI=1S/C18H18N6O4/c19-16-22-17(20-12-7-3-5-10-4-1-2-6-11(10)12)24-18(23-16)21-13(15(27)28)8-9-14(25)26/h1-7,13H,8-9H2,(H,25,26)(H,27,28)(H4,19,20,21,22,23,24)/t13-/m0/s1. The Morgan fingerprint density at radius 1 is 1.00 bits per heavy atom. The van der Waals surface area contributed by atoms with Crippen molar-refractivity contribution in [3.8, 4) is 0 Å². The molecule has 1 aromatic heterocycles. The molecule has 28 heavy (non-hydrogen) atoms. The van der Waals surface area contributed by atoms with Gasteiger partial charge in [-0.2, -0.15) is 15.0 Å². The lowest BCUT2D eigenvalue weighted by Gasteiger charge is -2.14. The Morgan fingerprint density at radius 3 is 2.46 bits per heavy atom. The number of nitrogens with zero attached hydrogens (tertiary/aromatic N) is 3. The largest absolute Gasteiger partial charge is 0.481 e. The molecule has 10 heteroatoms. The summed E-state index contributed by atoms with van der Waals surface area (Å²) < 4.78 is 0. The van der Waals surface area contributed by atoms with Gasteiger partial charge in [-0.1, -0.05) is 36.4 Å². The summed E-state index contributed by atoms with van der Waals surface area (Å²) in [5, 5.41) is 25.6. The summed E-state index contributed by atoms with van der Waals surface area (Å²) in [5.41, 5.74) is 6.46. The van der Waals surface area contributed by atoms with Gasteiger partial charge in [0.25, 0.3) is 0 Å². The molecule has 3 rings (SSSR count). The summed E-state index contributed by atoms with van der Waals surface area (Å²) >= 11 is 0. The van der Waals surface area contributed by atoms with Crippen LogP contribution in [0.5, 0.6) is 0 Å². The summed E-state index contributed by atoms with van der Waals surface area (Å²) in [4.78, 5) is 34.1. The predicted octanol–water partition coefficient (Wildman–Crippen LogP) is 2.08. The van der Waals surface area contributed by atoms with Gasteiger partial charge in [0.1, 0.15) is 6.04 Å². The number of nitrogen functional groups attached to an aromatic ring is 1. The SMILES string of the molecule is Nc1nc(Nc2cccc3ccccc23)nc(N[C@@H](CCC(=O)O)C(=O)O)n1. The average Bonchev–Trinajstić information content (AvgIpc) is 2.64. The Kier molecular flexibility index (Phi) is 5.49. The van der Waals surface area contributed by atoms with Crippen LogP contribution in [0.25, 0.3) is 10.8 Å². The van der Waals surface area contributed by atoms with Crippen LogP contribution in [0, 0.1) is 0 Å². The Balaban J connectivity index is 1.84. The number of hydrogen-bond donors (Lipinski definition) is 5. The molecule has 0 amide bonds. The number of carboxylic acids is 2. The minimum Gasteiger partial charge on any atom is -0.481 e. The highest BCUT2D eigenvalue weighted by atomic mass is 16.4. The zero-order chi connectivity index (χ0) is 20.1. The lowest BCUT2D eigenvalue weighted by molar-refractivity contribution is -0.139. The molecule has 6 N–H and O–H groups in total. The van der Waals surface area contributed by atoms with Crippen LogP contribution >= 0.6 is 0 Å². The number of fused-ring (bicyclic) bond motifs is 1. The number of carbonyl (C=O) groups is 2. The van der Waals surface area contributed by atoms with Crippen LogP contribution in [-0.2, 0) is 9.59 Å². The van der Waals surface area contributed by atoms with E-state index in [1.165, 1.54) is 0 Å². The molecule has 1 heterocycles. The normalized spacial score (nSPS) is 11.7. The number of nitrogens with one attached hydrogen (secondary N) is 2. The Bertz CT molecular complexity index is 1020. The van der Waals surface area contributed by atoms with Crippen molar-refractivity contribution in [1.29, 1.82) is 0 Å². The van der Waals surface area contributed by atoms with Gasteiger partial charge in [-0.05, 0) is 17.9 Å². The molecule has 0 spiro atoms. The molecular formula is C18H18N6O4. The molecule has 0 radical (unpaired) electrons. The Labute approximate surface area is 159 Å². The van der Waals surface area contributed by atoms with Crippen molar-refractivity contribution in [2.45, 2.75) is 18.9 Å². The minimum absolute atomic E-state index is 0.0620. The van der Waals surface area contributed by atoms with E-state index in [1.807, 2.05) is 42.5 Å². The van der Waals surface area contributed by atoms with Crippen molar-refractivity contribution in [2.24, 2.45) is 0 Å². The van der Waals surface area contributed by atoms with Gasteiger partial charge in [-0.15, -0.1) is 0 Å². The van der Waals surface area contributed by atoms with E-state index >= 15 is 0 Å². The van der Waals surface area contributed by atoms with Crippen molar-refractivity contribution >= 4 is 46.2 Å². The zero-order valence-electron chi connectivity index (χ0n) is 14.7. The highest BCUT2D eigenvalue weighted by molar-refractivity contribution is 5.94. The molecule has 144 valence electrons. The van der Waals surface area contributed by atoms with Crippen LogP contribution in [0.4, 0.5) is 23.5 Å². The quantitative estimate of drug-likeness (QED) is 0.389. The van der Waals surface area contributed by atoms with E-state index < -0.39 is 18.0 Å². The summed E-state index contributed by atoms with van der Waals surface area (Å²) in [6.45, 7) is 0. The van der Waals surface area contributed by atoms with Gasteiger partial charge in [0.15, 0.2) is 0 Å². The topological polar surface area (TPSA) is 163 Å². The molecule has 0 saturated carbocycles. The molecule has 0 fully saturated rings. The van der Waals surface area contributed by atoms with Crippen molar-refractivity contribution < 1.29 is 19.8 Å². The fourth-order valence-corrected chi connectivity index (χ4v) is 2.65. The van der Waals surface area contributed by atoms with Crippen LogP contribution in [0.3, 0.4) is 0 Å². The van der Waals surface area contributed by atoms with Gasteiger partial charge in [-0.25, -0.2) is 4.79 Å². The van der Waals surface area contributed by atoms with E-state index in [2.05, 4.69) is 25.6 Å². The first-order valence-electron chi connectivity index (χ1n) is 8.40. The first-order valence-corrected chi connectivity index (χ1v) is 8.40. The molecule has 3 aromatic rings. The molecule has 10 nitrogen and oxygen atoms in total. The molecule has 0 bridgehead atoms. The maximum atomic E-state index is 11.4. The van der Waals surface area contributed by atoms with E-state index in [4.69, 9.17) is 10.8 Å². The minimum atomic E-state index is -1.22. The number of rotatable bonds is 8. The van der Waals surface area contributed by atoms with Gasteiger partial charge in [0.2, 0.25) is 17.8 Å². The molecular weight excluding hydrogens is 364 g/mol. The molecule has 1 atom stereocenters. The second kappa shape index (κ2) is 8.16. The number of nitrogens with two attached hydrogens (primary N) is 1. The van der Waals surface area contributed by atoms with Gasteiger partial charge >= 0.3 is 11.9 Å². The van der Waals surface area contributed by atoms with E-state index in [0.717, 1.165) is 16.5 Å². The van der Waals surface area contributed by atoms with Gasteiger partial charge in [-0.3, -0.25) is 4.79 Å². The predicted molar refractivity (Wildman–Crippen MR) is 103 cm³/mol. The van der Waals surface area contributed by atoms with Crippen LogP contribution < -0.4 is 16.4 Å². The summed E-state index contributed by atoms with van der Waals surface area (Å²) in [5.74, 6) is -2.35. The lowest BCUT2D eigenvalue weighted by atomic mass is 10.1. The maximum Gasteiger partial charge on any atom is 0.326 e. The fourth-order valence-electron chi connectivity index (χ4n) is 2.65. The maximum absolute atomic E-state index is 11.4. The summed E-state index contributed by atoms with van der Waals surface area (Å²) in [7, 11) is 0. The second-order valence-corrected chi connectivity index (χ2v) is 5.96. The summed E-state index contributed by atoms with van der Waals surface area (Å²) in [6.07, 6.45) is -0.450. The molecule has 0 saturated heterocycles. The number of anilines is 4. The highest BCUT2D eigenvalue weighted by Gasteiger charge is 2.20. The summed E-state index contributed by atoms with van der Waals surface area (Å²) in [6, 6.07) is 12.3. The number of aromatic nitrogens is 3. The first-order chi connectivity index (χ1) is 13.4. The highest BCUT2D eigenvalue weighted by Crippen LogP contribution is 2.25. The number of carboxylic acid groups (broad SMARTS) is 2. The first kappa shape index (κ1) is 18.8. The van der Waals surface area contributed by atoms with Gasteiger partial charge in [0.05, 0.1) is 0 Å². The molecule has 2 aromatic carbocycles. The second-order valence-electron chi connectivity index (χ2n) is 5.96. The van der Waals surface area contributed by atoms with E-state index in [-0.39, 0.29) is 30.7 Å². The fraction of sp³-hybridized carbons (Fsp3) is 0.167. The Morgan fingerprint density at radius 2 is 1.71 bits per heavy atom. The third kappa shape index (κ3) is 4.61. The van der Waals surface area contributed by atoms with Crippen LogP contribution in [0.1, 0.15) is 12.8 Å². The van der Waals surface area contributed by atoms with Crippen molar-refractivity contribution in [3.05, 3.63) is 42.5 Å². The number of hydrogen-bond acceptors (Lipinski definition) is 8. The van der Waals surface area contributed by atoms with E-state index in [9.17, 15) is 14.7 Å². The monoisotopic (exact) mass is 382 g/mol.